The van der Waals surface area contributed by atoms with E-state index in [1.54, 1.807) is 43.0 Å². The Hall–Kier alpha value is -4.20. The predicted molar refractivity (Wildman–Crippen MR) is 209 cm³/mol. The van der Waals surface area contributed by atoms with Crippen molar-refractivity contribution in [3.63, 3.8) is 0 Å². The Morgan fingerprint density at radius 3 is 2.40 bits per heavy atom. The Balaban J connectivity index is 0.917. The first-order chi connectivity index (χ1) is 26.2. The zero-order valence-corrected chi connectivity index (χ0v) is 33.3. The molecule has 3 aliphatic heterocycles. The monoisotopic (exact) mass is 792 g/mol. The van der Waals surface area contributed by atoms with E-state index in [0.717, 1.165) is 57.3 Å². The van der Waals surface area contributed by atoms with Crippen LogP contribution >= 0.6 is 23.5 Å². The van der Waals surface area contributed by atoms with Crippen LogP contribution in [0.25, 0.3) is 0 Å². The lowest BCUT2D eigenvalue weighted by atomic mass is 9.89. The molecule has 6 amide bonds. The zero-order valence-electron chi connectivity index (χ0n) is 31.7. The molecule has 4 fully saturated rings. The summed E-state index contributed by atoms with van der Waals surface area (Å²) in [6.07, 6.45) is 3.85. The molecule has 3 heterocycles. The molecule has 0 radical (unpaired) electrons. The number of anilines is 2. The molecule has 6 rings (SSSR count). The fourth-order valence-electron chi connectivity index (χ4n) is 8.08. The van der Waals surface area contributed by atoms with Crippen molar-refractivity contribution in [2.45, 2.75) is 107 Å². The Bertz CT molecular complexity index is 1840. The molecule has 0 spiro atoms. The Kier molecular flexibility index (Phi) is 12.7. The third kappa shape index (κ3) is 9.44. The van der Waals surface area contributed by atoms with E-state index in [9.17, 15) is 29.2 Å². The van der Waals surface area contributed by atoms with Gasteiger partial charge in [-0.2, -0.15) is 9.57 Å². The summed E-state index contributed by atoms with van der Waals surface area (Å²) >= 11 is 7.23. The van der Waals surface area contributed by atoms with Crippen LogP contribution in [0.1, 0.15) is 71.8 Å². The maximum atomic E-state index is 13.6. The zero-order chi connectivity index (χ0) is 39.4. The third-order valence-electron chi connectivity index (χ3n) is 10.9. The van der Waals surface area contributed by atoms with Crippen LogP contribution in [0.2, 0.25) is 5.02 Å². The van der Waals surface area contributed by atoms with Gasteiger partial charge in [0.1, 0.15) is 17.6 Å². The van der Waals surface area contributed by atoms with Crippen LogP contribution in [0.15, 0.2) is 47.4 Å². The molecule has 2 aromatic carbocycles. The second-order valence-corrected chi connectivity index (χ2v) is 16.8. The Labute approximate surface area is 331 Å². The van der Waals surface area contributed by atoms with Crippen molar-refractivity contribution in [2.75, 3.05) is 43.4 Å². The van der Waals surface area contributed by atoms with Gasteiger partial charge in [-0.15, -0.1) is 0 Å². The number of hydrogen-bond donors (Lipinski definition) is 3. The lowest BCUT2D eigenvalue weighted by Crippen LogP contribution is -2.58. The number of rotatable bonds is 12. The Morgan fingerprint density at radius 2 is 1.73 bits per heavy atom. The summed E-state index contributed by atoms with van der Waals surface area (Å²) in [7, 11) is 0. The van der Waals surface area contributed by atoms with Gasteiger partial charge < -0.3 is 20.3 Å². The predicted octanol–water partition coefficient (Wildman–Crippen LogP) is 4.84. The van der Waals surface area contributed by atoms with E-state index in [2.05, 4.69) is 39.6 Å². The molecule has 1 saturated carbocycles. The highest BCUT2D eigenvalue weighted by molar-refractivity contribution is 7.98. The first kappa shape index (κ1) is 40.5. The van der Waals surface area contributed by atoms with Gasteiger partial charge in [0.15, 0.2) is 0 Å². The van der Waals surface area contributed by atoms with E-state index in [1.165, 1.54) is 4.31 Å². The molecular weight excluding hydrogens is 744 g/mol. The number of halogens is 1. The van der Waals surface area contributed by atoms with E-state index in [-0.39, 0.29) is 71.9 Å². The fraction of sp³-hybridized carbons (Fsp3) is 0.538. The molecule has 1 unspecified atom stereocenters. The Morgan fingerprint density at radius 1 is 1.02 bits per heavy atom. The number of imide groups is 2. The van der Waals surface area contributed by atoms with Crippen LogP contribution in [0.3, 0.4) is 0 Å². The first-order valence-electron chi connectivity index (χ1n) is 18.9. The molecule has 3 saturated heterocycles. The molecule has 55 heavy (non-hydrogen) atoms. The van der Waals surface area contributed by atoms with Gasteiger partial charge in [-0.05, 0) is 108 Å². The van der Waals surface area contributed by atoms with Gasteiger partial charge in [0, 0.05) is 60.5 Å². The summed E-state index contributed by atoms with van der Waals surface area (Å²) in [5.74, 6) is -1.01. The number of ether oxygens (including phenoxy) is 1. The number of urea groups is 1. The quantitative estimate of drug-likeness (QED) is 0.153. The van der Waals surface area contributed by atoms with Crippen LogP contribution in [0.5, 0.6) is 0 Å². The highest BCUT2D eigenvalue weighted by Crippen LogP contribution is 2.41. The molecule has 1 aliphatic carbocycles. The van der Waals surface area contributed by atoms with E-state index < -0.39 is 11.6 Å². The summed E-state index contributed by atoms with van der Waals surface area (Å²) in [4.78, 5) is 70.7. The van der Waals surface area contributed by atoms with Crippen LogP contribution in [-0.2, 0) is 23.9 Å². The van der Waals surface area contributed by atoms with Crippen molar-refractivity contribution in [1.29, 1.82) is 5.26 Å². The molecule has 0 aromatic heterocycles. The molecule has 294 valence electrons. The van der Waals surface area contributed by atoms with Gasteiger partial charge in [-0.25, -0.2) is 4.79 Å². The highest BCUT2D eigenvalue weighted by Gasteiger charge is 2.54. The number of nitrogens with zero attached hydrogens (tertiary/aromatic N) is 5. The molecule has 3 N–H and O–H groups in total. The van der Waals surface area contributed by atoms with Crippen LogP contribution in [0, 0.1) is 11.3 Å². The number of amides is 6. The lowest BCUT2D eigenvalue weighted by Gasteiger charge is -2.44. The minimum atomic E-state index is -0.989. The highest BCUT2D eigenvalue weighted by atomic mass is 35.5. The second kappa shape index (κ2) is 17.3. The third-order valence-corrected chi connectivity index (χ3v) is 12.2. The lowest BCUT2D eigenvalue weighted by molar-refractivity contribution is -0.133. The standard InChI is InChI=1S/C39H49ClN8O6S/c1-24-21-45(22-25(2)46(24)23-35(50)43-28-7-5-6-27(18-28)42-33-14-15-34(49)44-36(33)51)16-17-54-30-11-9-29(10-12-30)47-38(53)48(37(52)39(47,3)4)55-31-13-8-26(20-41)32(40)19-31/h5-8,13,18-19,24-25,29-30,33,42H,9-12,14-17,21-23H2,1-4H3,(H,43,50)(H,44,49,51)/t24-,25+,29?,30?,33?. The van der Waals surface area contributed by atoms with Gasteiger partial charge in [0.2, 0.25) is 17.7 Å². The molecule has 14 nitrogen and oxygen atoms in total. The molecule has 2 aromatic rings. The van der Waals surface area contributed by atoms with Gasteiger partial charge in [0.05, 0.1) is 29.8 Å². The number of carbonyl (C=O) groups excluding carboxylic acids is 5. The van der Waals surface area contributed by atoms with E-state index in [4.69, 9.17) is 16.3 Å². The van der Waals surface area contributed by atoms with Gasteiger partial charge in [-0.1, -0.05) is 17.7 Å². The van der Waals surface area contributed by atoms with Gasteiger partial charge in [-0.3, -0.25) is 34.3 Å². The van der Waals surface area contributed by atoms with Gasteiger partial charge in [0.25, 0.3) is 5.91 Å². The number of nitriles is 1. The van der Waals surface area contributed by atoms with Crippen LogP contribution < -0.4 is 16.0 Å². The minimum absolute atomic E-state index is 0.0770. The summed E-state index contributed by atoms with van der Waals surface area (Å²) < 4.78 is 7.55. The number of nitrogens with one attached hydrogen (secondary N) is 3. The number of piperidine rings is 1. The second-order valence-electron chi connectivity index (χ2n) is 15.4. The average molecular weight is 793 g/mol. The summed E-state index contributed by atoms with van der Waals surface area (Å²) in [6, 6.07) is 13.5. The summed E-state index contributed by atoms with van der Waals surface area (Å²) in [6.45, 7) is 11.1. The minimum Gasteiger partial charge on any atom is -0.377 e. The van der Waals surface area contributed by atoms with Crippen molar-refractivity contribution >= 4 is 64.6 Å². The van der Waals surface area contributed by atoms with Crippen LogP contribution in [0.4, 0.5) is 16.2 Å². The normalized spacial score (nSPS) is 26.1. The number of benzene rings is 2. The first-order valence-corrected chi connectivity index (χ1v) is 20.0. The van der Waals surface area contributed by atoms with Crippen molar-refractivity contribution in [2.24, 2.45) is 0 Å². The molecule has 3 atom stereocenters. The average Bonchev–Trinajstić information content (AvgIpc) is 3.30. The van der Waals surface area contributed by atoms with Crippen molar-refractivity contribution < 1.29 is 28.7 Å². The number of hydrogen-bond acceptors (Lipinski definition) is 11. The van der Waals surface area contributed by atoms with E-state index in [0.29, 0.717) is 34.9 Å². The summed E-state index contributed by atoms with van der Waals surface area (Å²) in [5.41, 5.74) is 0.661. The van der Waals surface area contributed by atoms with Crippen molar-refractivity contribution in [3.8, 4) is 6.07 Å². The molecule has 16 heteroatoms. The maximum absolute atomic E-state index is 13.6. The van der Waals surface area contributed by atoms with Gasteiger partial charge >= 0.3 is 6.03 Å². The number of piperazine rings is 1. The fourth-order valence-corrected chi connectivity index (χ4v) is 9.35. The largest absolute Gasteiger partial charge is 0.377 e. The van der Waals surface area contributed by atoms with Crippen molar-refractivity contribution in [1.82, 2.24) is 24.3 Å². The molecule has 4 aliphatic rings. The SMILES string of the molecule is C[C@@H]1CN(CCOC2CCC(N3C(=O)N(Sc4ccc(C#N)c(Cl)c4)C(=O)C3(C)C)CC2)C[C@H](C)N1CC(=O)Nc1cccc(NC2CCC(=O)NC2=O)c1. The molecule has 0 bridgehead atoms. The number of carbonyl (C=O) groups is 5. The van der Waals surface area contributed by atoms with Crippen molar-refractivity contribution in [3.05, 3.63) is 53.1 Å². The summed E-state index contributed by atoms with van der Waals surface area (Å²) in [5, 5.41) is 17.9. The van der Waals surface area contributed by atoms with E-state index in [1.807, 2.05) is 24.3 Å². The molecular formula is C39H49ClN8O6S. The van der Waals surface area contributed by atoms with E-state index >= 15 is 0 Å². The smallest absolute Gasteiger partial charge is 0.338 e. The van der Waals surface area contributed by atoms with Crippen LogP contribution in [-0.4, -0.2) is 117 Å². The maximum Gasteiger partial charge on any atom is 0.338 e. The topological polar surface area (TPSA) is 167 Å².